The maximum Gasteiger partial charge on any atom is 0.126 e. The third kappa shape index (κ3) is 2.04. The van der Waals surface area contributed by atoms with E-state index in [0.29, 0.717) is 16.8 Å². The summed E-state index contributed by atoms with van der Waals surface area (Å²) in [6, 6.07) is 8.20. The van der Waals surface area contributed by atoms with Crippen LogP contribution >= 0.6 is 0 Å². The minimum Gasteiger partial charge on any atom is -0.255 e. The van der Waals surface area contributed by atoms with Crippen molar-refractivity contribution in [3.05, 3.63) is 53.7 Å². The molecule has 0 bridgehead atoms. The first-order chi connectivity index (χ1) is 7.69. The lowest BCUT2D eigenvalue weighted by atomic mass is 10.1. The topological polar surface area (TPSA) is 36.7 Å². The summed E-state index contributed by atoms with van der Waals surface area (Å²) in [7, 11) is 0. The van der Waals surface area contributed by atoms with Crippen LogP contribution in [0, 0.1) is 23.0 Å². The first-order valence-corrected chi connectivity index (χ1v) is 4.51. The second-order valence-electron chi connectivity index (χ2n) is 3.20. The highest BCUT2D eigenvalue weighted by Crippen LogP contribution is 2.19. The molecular formula is C12H6F2N2. The van der Waals surface area contributed by atoms with Gasteiger partial charge in [0.15, 0.2) is 0 Å². The molecule has 4 heteroatoms. The molecule has 0 saturated carbocycles. The molecule has 2 nitrogen and oxygen atoms in total. The van der Waals surface area contributed by atoms with Gasteiger partial charge in [-0.25, -0.2) is 8.78 Å². The molecule has 16 heavy (non-hydrogen) atoms. The van der Waals surface area contributed by atoms with Crippen molar-refractivity contribution in [2.75, 3.05) is 0 Å². The normalized spacial score (nSPS) is 9.81. The molecule has 2 aromatic rings. The van der Waals surface area contributed by atoms with Crippen molar-refractivity contribution in [3.63, 3.8) is 0 Å². The van der Waals surface area contributed by atoms with Crippen molar-refractivity contribution in [2.45, 2.75) is 0 Å². The van der Waals surface area contributed by atoms with Gasteiger partial charge in [0.25, 0.3) is 0 Å². The minimum atomic E-state index is -0.652. The average Bonchev–Trinajstić information content (AvgIpc) is 2.28. The van der Waals surface area contributed by atoms with E-state index in [1.54, 1.807) is 12.1 Å². The number of hydrogen-bond acceptors (Lipinski definition) is 2. The van der Waals surface area contributed by atoms with E-state index in [4.69, 9.17) is 5.26 Å². The standard InChI is InChI=1S/C12H6F2N2/c13-10-3-9(4-11(14)5-10)12-2-1-8(6-15)7-16-12/h1-5,7H. The number of nitrogens with zero attached hydrogens (tertiary/aromatic N) is 2. The first-order valence-electron chi connectivity index (χ1n) is 4.51. The third-order valence-electron chi connectivity index (χ3n) is 2.05. The molecule has 0 N–H and O–H groups in total. The van der Waals surface area contributed by atoms with E-state index in [1.165, 1.54) is 18.3 Å². The zero-order valence-electron chi connectivity index (χ0n) is 8.11. The molecule has 0 spiro atoms. The van der Waals surface area contributed by atoms with Crippen LogP contribution in [0.3, 0.4) is 0 Å². The van der Waals surface area contributed by atoms with Crippen LogP contribution in [-0.4, -0.2) is 4.98 Å². The Kier molecular flexibility index (Phi) is 2.61. The molecular weight excluding hydrogens is 210 g/mol. The van der Waals surface area contributed by atoms with Gasteiger partial charge in [-0.05, 0) is 24.3 Å². The molecule has 1 aromatic carbocycles. The minimum absolute atomic E-state index is 0.349. The van der Waals surface area contributed by atoms with Gasteiger partial charge in [-0.2, -0.15) is 5.26 Å². The molecule has 0 saturated heterocycles. The number of pyridine rings is 1. The van der Waals surface area contributed by atoms with Gasteiger partial charge in [0.1, 0.15) is 17.7 Å². The molecule has 0 radical (unpaired) electrons. The van der Waals surface area contributed by atoms with E-state index >= 15 is 0 Å². The number of aromatic nitrogens is 1. The summed E-state index contributed by atoms with van der Waals surface area (Å²) in [5, 5.41) is 8.58. The van der Waals surface area contributed by atoms with Gasteiger partial charge < -0.3 is 0 Å². The van der Waals surface area contributed by atoms with Gasteiger partial charge in [-0.15, -0.1) is 0 Å². The summed E-state index contributed by atoms with van der Waals surface area (Å²) in [6.45, 7) is 0. The lowest BCUT2D eigenvalue weighted by Crippen LogP contribution is -1.87. The van der Waals surface area contributed by atoms with Crippen molar-refractivity contribution in [3.8, 4) is 17.3 Å². The Balaban J connectivity index is 2.47. The van der Waals surface area contributed by atoms with Crippen molar-refractivity contribution >= 4 is 0 Å². The van der Waals surface area contributed by atoms with Gasteiger partial charge in [-0.3, -0.25) is 4.98 Å². The lowest BCUT2D eigenvalue weighted by molar-refractivity contribution is 0.584. The van der Waals surface area contributed by atoms with Crippen LogP contribution < -0.4 is 0 Å². The maximum atomic E-state index is 12.9. The van der Waals surface area contributed by atoms with E-state index in [2.05, 4.69) is 4.98 Å². The lowest BCUT2D eigenvalue weighted by Gasteiger charge is -2.01. The summed E-state index contributed by atoms with van der Waals surface area (Å²) in [6.07, 6.45) is 1.36. The van der Waals surface area contributed by atoms with Crippen molar-refractivity contribution in [2.24, 2.45) is 0 Å². The second-order valence-corrected chi connectivity index (χ2v) is 3.20. The average molecular weight is 216 g/mol. The Labute approximate surface area is 90.8 Å². The van der Waals surface area contributed by atoms with Crippen LogP contribution in [0.5, 0.6) is 0 Å². The Hall–Kier alpha value is -2.28. The zero-order valence-corrected chi connectivity index (χ0v) is 8.11. The van der Waals surface area contributed by atoms with Gasteiger partial charge in [0, 0.05) is 17.8 Å². The van der Waals surface area contributed by atoms with Crippen LogP contribution in [0.2, 0.25) is 0 Å². The highest BCUT2D eigenvalue weighted by atomic mass is 19.1. The number of nitriles is 1. The number of rotatable bonds is 1. The number of halogens is 2. The molecule has 0 aliphatic heterocycles. The van der Waals surface area contributed by atoms with Crippen LogP contribution in [-0.2, 0) is 0 Å². The fraction of sp³-hybridized carbons (Fsp3) is 0. The van der Waals surface area contributed by atoms with E-state index < -0.39 is 11.6 Å². The van der Waals surface area contributed by atoms with Crippen LogP contribution in [0.1, 0.15) is 5.56 Å². The Morgan fingerprint density at radius 1 is 1.06 bits per heavy atom. The Morgan fingerprint density at radius 3 is 2.25 bits per heavy atom. The zero-order chi connectivity index (χ0) is 11.5. The van der Waals surface area contributed by atoms with Crippen LogP contribution in [0.25, 0.3) is 11.3 Å². The molecule has 0 atom stereocenters. The quantitative estimate of drug-likeness (QED) is 0.734. The highest BCUT2D eigenvalue weighted by molar-refractivity contribution is 5.59. The number of benzene rings is 1. The van der Waals surface area contributed by atoms with Crippen molar-refractivity contribution in [1.29, 1.82) is 5.26 Å². The van der Waals surface area contributed by atoms with E-state index in [1.807, 2.05) is 6.07 Å². The maximum absolute atomic E-state index is 12.9. The molecule has 1 aromatic heterocycles. The Morgan fingerprint density at radius 2 is 1.75 bits per heavy atom. The van der Waals surface area contributed by atoms with E-state index in [9.17, 15) is 8.78 Å². The monoisotopic (exact) mass is 216 g/mol. The summed E-state index contributed by atoms with van der Waals surface area (Å²) < 4.78 is 25.9. The fourth-order valence-electron chi connectivity index (χ4n) is 1.33. The summed E-state index contributed by atoms with van der Waals surface area (Å²) in [5.41, 5.74) is 1.18. The van der Waals surface area contributed by atoms with Crippen LogP contribution in [0.15, 0.2) is 36.5 Å². The van der Waals surface area contributed by atoms with Gasteiger partial charge >= 0.3 is 0 Å². The van der Waals surface area contributed by atoms with Crippen LogP contribution in [0.4, 0.5) is 8.78 Å². The van der Waals surface area contributed by atoms with E-state index in [0.717, 1.165) is 6.07 Å². The summed E-state index contributed by atoms with van der Waals surface area (Å²) in [5.74, 6) is -1.30. The van der Waals surface area contributed by atoms with Gasteiger partial charge in [-0.1, -0.05) is 0 Å². The summed E-state index contributed by atoms with van der Waals surface area (Å²) >= 11 is 0. The second kappa shape index (κ2) is 4.07. The predicted molar refractivity (Wildman–Crippen MR) is 54.3 cm³/mol. The summed E-state index contributed by atoms with van der Waals surface area (Å²) in [4.78, 5) is 3.95. The van der Waals surface area contributed by atoms with Gasteiger partial charge in [0.2, 0.25) is 0 Å². The van der Waals surface area contributed by atoms with Gasteiger partial charge in [0.05, 0.1) is 11.3 Å². The largest absolute Gasteiger partial charge is 0.255 e. The predicted octanol–water partition coefficient (Wildman–Crippen LogP) is 2.90. The SMILES string of the molecule is N#Cc1ccc(-c2cc(F)cc(F)c2)nc1. The Bertz CT molecular complexity index is 536. The van der Waals surface area contributed by atoms with Crippen molar-refractivity contribution < 1.29 is 8.78 Å². The fourth-order valence-corrected chi connectivity index (χ4v) is 1.33. The molecule has 0 fully saturated rings. The molecule has 0 aliphatic rings. The number of hydrogen-bond donors (Lipinski definition) is 0. The molecule has 1 heterocycles. The molecule has 2 rings (SSSR count). The molecule has 0 unspecified atom stereocenters. The van der Waals surface area contributed by atoms with E-state index in [-0.39, 0.29) is 0 Å². The third-order valence-corrected chi connectivity index (χ3v) is 2.05. The van der Waals surface area contributed by atoms with Crippen molar-refractivity contribution in [1.82, 2.24) is 4.98 Å². The smallest absolute Gasteiger partial charge is 0.126 e. The molecule has 0 aliphatic carbocycles. The highest BCUT2D eigenvalue weighted by Gasteiger charge is 2.04. The first kappa shape index (κ1) is 10.2. The molecule has 0 amide bonds. The molecule has 78 valence electrons.